The number of aromatic amines is 1. The fraction of sp³-hybridized carbons (Fsp3) is 0.0625. The van der Waals surface area contributed by atoms with Gasteiger partial charge in [-0.05, 0) is 31.3 Å². The first kappa shape index (κ1) is 15.9. The van der Waals surface area contributed by atoms with E-state index >= 15 is 0 Å². The van der Waals surface area contributed by atoms with E-state index in [9.17, 15) is 0 Å². The molecule has 1 aromatic heterocycles. The molecule has 0 aliphatic carbocycles. The molecule has 0 spiro atoms. The van der Waals surface area contributed by atoms with Crippen molar-refractivity contribution in [2.24, 2.45) is 5.10 Å². The van der Waals surface area contributed by atoms with Gasteiger partial charge in [-0.1, -0.05) is 59.1 Å². The Bertz CT molecular complexity index is 943. The molecule has 0 aliphatic rings. The van der Waals surface area contributed by atoms with Gasteiger partial charge in [0.25, 0.3) is 0 Å². The number of benzene rings is 2. The van der Waals surface area contributed by atoms with Crippen LogP contribution in [0.2, 0.25) is 10.0 Å². The standard InChI is InChI=1S/C16H12Cl2N4S/c1-10-4-2-5-11(8-10)15-20-21-16(23)22(15)19-9-12-6-3-7-13(17)14(12)18/h2-9H,1H3,(H,21,23)/b19-9+. The van der Waals surface area contributed by atoms with E-state index in [2.05, 4.69) is 15.3 Å². The van der Waals surface area contributed by atoms with Crippen LogP contribution in [0.15, 0.2) is 47.6 Å². The van der Waals surface area contributed by atoms with Crippen LogP contribution in [-0.2, 0) is 0 Å². The first-order valence-corrected chi connectivity index (χ1v) is 7.95. The third-order valence-corrected chi connectivity index (χ3v) is 4.32. The van der Waals surface area contributed by atoms with Crippen molar-refractivity contribution in [3.63, 3.8) is 0 Å². The Labute approximate surface area is 148 Å². The summed E-state index contributed by atoms with van der Waals surface area (Å²) >= 11 is 17.4. The molecule has 0 fully saturated rings. The molecular formula is C16H12Cl2N4S. The Morgan fingerprint density at radius 3 is 2.78 bits per heavy atom. The number of aromatic nitrogens is 3. The highest BCUT2D eigenvalue weighted by molar-refractivity contribution is 7.71. The molecule has 7 heteroatoms. The molecule has 1 heterocycles. The molecule has 0 unspecified atom stereocenters. The topological polar surface area (TPSA) is 46.0 Å². The zero-order valence-electron chi connectivity index (χ0n) is 12.1. The van der Waals surface area contributed by atoms with Crippen molar-refractivity contribution < 1.29 is 0 Å². The fourth-order valence-electron chi connectivity index (χ4n) is 2.11. The molecule has 0 aliphatic heterocycles. The first-order chi connectivity index (χ1) is 11.1. The molecule has 0 radical (unpaired) electrons. The maximum atomic E-state index is 6.17. The minimum Gasteiger partial charge on any atom is -0.250 e. The SMILES string of the molecule is Cc1cccc(-c2n[nH]c(=S)n2/N=C/c2cccc(Cl)c2Cl)c1. The van der Waals surface area contributed by atoms with Crippen molar-refractivity contribution >= 4 is 41.6 Å². The Balaban J connectivity index is 2.04. The largest absolute Gasteiger partial charge is 0.250 e. The van der Waals surface area contributed by atoms with Crippen LogP contribution in [-0.4, -0.2) is 21.1 Å². The zero-order valence-corrected chi connectivity index (χ0v) is 14.5. The molecule has 0 saturated carbocycles. The summed E-state index contributed by atoms with van der Waals surface area (Å²) in [6.07, 6.45) is 1.61. The number of halogens is 2. The predicted molar refractivity (Wildman–Crippen MR) is 97.0 cm³/mol. The molecule has 0 saturated heterocycles. The van der Waals surface area contributed by atoms with Crippen molar-refractivity contribution in [2.45, 2.75) is 6.92 Å². The van der Waals surface area contributed by atoms with Crippen molar-refractivity contribution in [3.8, 4) is 11.4 Å². The quantitative estimate of drug-likeness (QED) is 0.520. The predicted octanol–water partition coefficient (Wildman–Crippen LogP) is 5.11. The van der Waals surface area contributed by atoms with Crippen LogP contribution in [0.4, 0.5) is 0 Å². The van der Waals surface area contributed by atoms with Gasteiger partial charge in [0.2, 0.25) is 4.77 Å². The smallest absolute Gasteiger partial charge is 0.216 e. The van der Waals surface area contributed by atoms with Crippen LogP contribution < -0.4 is 0 Å². The lowest BCUT2D eigenvalue weighted by Gasteiger charge is -2.03. The van der Waals surface area contributed by atoms with E-state index in [0.717, 1.165) is 11.1 Å². The van der Waals surface area contributed by atoms with E-state index < -0.39 is 0 Å². The second-order valence-electron chi connectivity index (χ2n) is 4.92. The molecule has 116 valence electrons. The summed E-state index contributed by atoms with van der Waals surface area (Å²) in [5.74, 6) is 0.633. The van der Waals surface area contributed by atoms with Gasteiger partial charge in [0.05, 0.1) is 16.3 Å². The number of H-pyrrole nitrogens is 1. The monoisotopic (exact) mass is 362 g/mol. The summed E-state index contributed by atoms with van der Waals surface area (Å²) in [4.78, 5) is 0. The van der Waals surface area contributed by atoms with Gasteiger partial charge >= 0.3 is 0 Å². The van der Waals surface area contributed by atoms with Crippen molar-refractivity contribution in [2.75, 3.05) is 0 Å². The Morgan fingerprint density at radius 1 is 1.22 bits per heavy atom. The number of hydrogen-bond acceptors (Lipinski definition) is 3. The van der Waals surface area contributed by atoms with Gasteiger partial charge in [-0.2, -0.15) is 14.9 Å². The highest BCUT2D eigenvalue weighted by atomic mass is 35.5. The molecule has 1 N–H and O–H groups in total. The number of rotatable bonds is 3. The second-order valence-corrected chi connectivity index (χ2v) is 6.09. The lowest BCUT2D eigenvalue weighted by atomic mass is 10.1. The number of nitrogens with one attached hydrogen (secondary N) is 1. The van der Waals surface area contributed by atoms with Gasteiger partial charge in [-0.15, -0.1) is 0 Å². The average molecular weight is 363 g/mol. The molecule has 0 atom stereocenters. The van der Waals surface area contributed by atoms with E-state index in [-0.39, 0.29) is 0 Å². The lowest BCUT2D eigenvalue weighted by Crippen LogP contribution is -1.95. The third-order valence-electron chi connectivity index (χ3n) is 3.22. The Morgan fingerprint density at radius 2 is 2.00 bits per heavy atom. The third kappa shape index (κ3) is 3.37. The van der Waals surface area contributed by atoms with Crippen molar-refractivity contribution in [1.29, 1.82) is 0 Å². The fourth-order valence-corrected chi connectivity index (χ4v) is 2.65. The van der Waals surface area contributed by atoms with E-state index in [1.54, 1.807) is 17.0 Å². The van der Waals surface area contributed by atoms with E-state index in [1.165, 1.54) is 0 Å². The summed E-state index contributed by atoms with van der Waals surface area (Å²) in [6.45, 7) is 2.02. The van der Waals surface area contributed by atoms with Gasteiger partial charge in [-0.25, -0.2) is 5.10 Å². The van der Waals surface area contributed by atoms with E-state index in [0.29, 0.717) is 26.2 Å². The van der Waals surface area contributed by atoms with E-state index in [4.69, 9.17) is 35.4 Å². The average Bonchev–Trinajstić information content (AvgIpc) is 2.90. The van der Waals surface area contributed by atoms with Gasteiger partial charge in [-0.3, -0.25) is 0 Å². The highest BCUT2D eigenvalue weighted by Gasteiger charge is 2.08. The Hall–Kier alpha value is -1.95. The number of nitrogens with zero attached hydrogens (tertiary/aromatic N) is 3. The summed E-state index contributed by atoms with van der Waals surface area (Å²) in [7, 11) is 0. The first-order valence-electron chi connectivity index (χ1n) is 6.79. The van der Waals surface area contributed by atoms with Crippen LogP contribution in [0.5, 0.6) is 0 Å². The summed E-state index contributed by atoms with van der Waals surface area (Å²) < 4.78 is 1.96. The molecule has 4 nitrogen and oxygen atoms in total. The summed E-state index contributed by atoms with van der Waals surface area (Å²) in [5, 5.41) is 12.3. The van der Waals surface area contributed by atoms with Gasteiger partial charge in [0.1, 0.15) is 0 Å². The minimum absolute atomic E-state index is 0.399. The molecule has 23 heavy (non-hydrogen) atoms. The maximum Gasteiger partial charge on any atom is 0.216 e. The number of aryl methyl sites for hydroxylation is 1. The summed E-state index contributed by atoms with van der Waals surface area (Å²) in [5.41, 5.74) is 2.76. The van der Waals surface area contributed by atoms with E-state index in [1.807, 2.05) is 43.3 Å². The number of hydrogen-bond donors (Lipinski definition) is 1. The molecule has 3 aromatic rings. The van der Waals surface area contributed by atoms with Gasteiger partial charge in [0.15, 0.2) is 5.82 Å². The molecule has 0 bridgehead atoms. The maximum absolute atomic E-state index is 6.17. The van der Waals surface area contributed by atoms with Crippen LogP contribution in [0.25, 0.3) is 11.4 Å². The van der Waals surface area contributed by atoms with Crippen LogP contribution in [0.3, 0.4) is 0 Å². The second kappa shape index (κ2) is 6.66. The van der Waals surface area contributed by atoms with Gasteiger partial charge < -0.3 is 0 Å². The van der Waals surface area contributed by atoms with Crippen LogP contribution in [0.1, 0.15) is 11.1 Å². The van der Waals surface area contributed by atoms with Crippen LogP contribution in [0, 0.1) is 11.7 Å². The Kier molecular flexibility index (Phi) is 4.61. The van der Waals surface area contributed by atoms with Crippen LogP contribution >= 0.6 is 35.4 Å². The normalized spacial score (nSPS) is 11.3. The van der Waals surface area contributed by atoms with Crippen molar-refractivity contribution in [1.82, 2.24) is 14.9 Å². The molecule has 3 rings (SSSR count). The van der Waals surface area contributed by atoms with Crippen molar-refractivity contribution in [3.05, 3.63) is 68.4 Å². The molecular weight excluding hydrogens is 351 g/mol. The molecule has 2 aromatic carbocycles. The van der Waals surface area contributed by atoms with Gasteiger partial charge in [0, 0.05) is 11.1 Å². The molecule has 0 amide bonds. The zero-order chi connectivity index (χ0) is 16.4. The highest BCUT2D eigenvalue weighted by Crippen LogP contribution is 2.24. The minimum atomic E-state index is 0.399. The lowest BCUT2D eigenvalue weighted by molar-refractivity contribution is 0.871. The summed E-state index contributed by atoms with van der Waals surface area (Å²) in [6, 6.07) is 13.3.